The first-order valence-electron chi connectivity index (χ1n) is 4.30. The van der Waals surface area contributed by atoms with E-state index in [4.69, 9.17) is 16.0 Å². The van der Waals surface area contributed by atoms with Crippen LogP contribution >= 0.6 is 0 Å². The standard InChI is InChI=1S/C11H13NO2/c1-3-8-13-11-6-4-10(5-7-11)9-14-12-2/h1,4-7,12H,8-9H2,2H3. The summed E-state index contributed by atoms with van der Waals surface area (Å²) in [6.07, 6.45) is 5.07. The van der Waals surface area contributed by atoms with Crippen molar-refractivity contribution >= 4 is 0 Å². The van der Waals surface area contributed by atoms with Crippen LogP contribution in [-0.2, 0) is 11.4 Å². The topological polar surface area (TPSA) is 30.5 Å². The molecule has 0 fully saturated rings. The molecule has 0 saturated carbocycles. The summed E-state index contributed by atoms with van der Waals surface area (Å²) in [5.74, 6) is 3.18. The summed E-state index contributed by atoms with van der Waals surface area (Å²) in [6.45, 7) is 0.832. The van der Waals surface area contributed by atoms with Gasteiger partial charge in [0, 0.05) is 7.05 Å². The Labute approximate surface area is 84.0 Å². The first-order valence-corrected chi connectivity index (χ1v) is 4.30. The molecule has 74 valence electrons. The molecule has 0 radical (unpaired) electrons. The van der Waals surface area contributed by atoms with E-state index < -0.39 is 0 Å². The number of hydrogen-bond acceptors (Lipinski definition) is 3. The molecule has 0 aliphatic carbocycles. The van der Waals surface area contributed by atoms with Crippen LogP contribution < -0.4 is 10.2 Å². The van der Waals surface area contributed by atoms with E-state index in [1.54, 1.807) is 7.05 Å². The molecule has 14 heavy (non-hydrogen) atoms. The van der Waals surface area contributed by atoms with Crippen LogP contribution in [-0.4, -0.2) is 13.7 Å². The van der Waals surface area contributed by atoms with Gasteiger partial charge in [0.25, 0.3) is 0 Å². The maximum atomic E-state index is 5.22. The number of hydrogen-bond donors (Lipinski definition) is 1. The van der Waals surface area contributed by atoms with Gasteiger partial charge in [0.05, 0.1) is 6.61 Å². The van der Waals surface area contributed by atoms with Crippen LogP contribution in [0.3, 0.4) is 0 Å². The quantitative estimate of drug-likeness (QED) is 0.563. The largest absolute Gasteiger partial charge is 0.481 e. The second kappa shape index (κ2) is 6.03. The first kappa shape index (κ1) is 10.6. The highest BCUT2D eigenvalue weighted by Crippen LogP contribution is 2.12. The number of rotatable bonds is 5. The van der Waals surface area contributed by atoms with Gasteiger partial charge in [0.1, 0.15) is 12.4 Å². The Morgan fingerprint density at radius 3 is 2.64 bits per heavy atom. The molecule has 0 heterocycles. The van der Waals surface area contributed by atoms with E-state index in [0.29, 0.717) is 13.2 Å². The summed E-state index contributed by atoms with van der Waals surface area (Å²) in [7, 11) is 1.73. The van der Waals surface area contributed by atoms with E-state index >= 15 is 0 Å². The van der Waals surface area contributed by atoms with Crippen LogP contribution in [0.5, 0.6) is 5.75 Å². The third kappa shape index (κ3) is 3.48. The average molecular weight is 191 g/mol. The molecule has 0 spiro atoms. The Kier molecular flexibility index (Phi) is 4.56. The SMILES string of the molecule is C#CCOc1ccc(CONC)cc1. The third-order valence-electron chi connectivity index (χ3n) is 1.63. The summed E-state index contributed by atoms with van der Waals surface area (Å²) < 4.78 is 5.22. The summed E-state index contributed by atoms with van der Waals surface area (Å²) in [4.78, 5) is 5.02. The lowest BCUT2D eigenvalue weighted by Crippen LogP contribution is -2.06. The molecular weight excluding hydrogens is 178 g/mol. The molecule has 0 saturated heterocycles. The Balaban J connectivity index is 2.47. The molecule has 0 unspecified atom stereocenters. The van der Waals surface area contributed by atoms with Gasteiger partial charge in [-0.3, -0.25) is 4.84 Å². The van der Waals surface area contributed by atoms with E-state index in [0.717, 1.165) is 11.3 Å². The van der Waals surface area contributed by atoms with Gasteiger partial charge in [-0.15, -0.1) is 6.42 Å². The molecule has 0 amide bonds. The lowest BCUT2D eigenvalue weighted by Gasteiger charge is -2.04. The smallest absolute Gasteiger partial charge is 0.148 e. The van der Waals surface area contributed by atoms with Crippen LogP contribution in [0.1, 0.15) is 5.56 Å². The Hall–Kier alpha value is -1.50. The van der Waals surface area contributed by atoms with Crippen molar-refractivity contribution in [3.8, 4) is 18.1 Å². The third-order valence-corrected chi connectivity index (χ3v) is 1.63. The lowest BCUT2D eigenvalue weighted by atomic mass is 10.2. The second-order valence-electron chi connectivity index (χ2n) is 2.63. The Morgan fingerprint density at radius 1 is 1.36 bits per heavy atom. The number of ether oxygens (including phenoxy) is 1. The zero-order valence-corrected chi connectivity index (χ0v) is 8.12. The highest BCUT2D eigenvalue weighted by molar-refractivity contribution is 5.27. The van der Waals surface area contributed by atoms with Crippen molar-refractivity contribution in [2.45, 2.75) is 6.61 Å². The number of hydroxylamine groups is 1. The monoisotopic (exact) mass is 191 g/mol. The van der Waals surface area contributed by atoms with Crippen LogP contribution in [0.25, 0.3) is 0 Å². The van der Waals surface area contributed by atoms with Crippen molar-refractivity contribution in [2.24, 2.45) is 0 Å². The molecule has 0 aliphatic heterocycles. The molecule has 3 heteroatoms. The fourth-order valence-electron chi connectivity index (χ4n) is 0.962. The molecular formula is C11H13NO2. The fraction of sp³-hybridized carbons (Fsp3) is 0.273. The molecule has 3 nitrogen and oxygen atoms in total. The van der Waals surface area contributed by atoms with Gasteiger partial charge >= 0.3 is 0 Å². The minimum atomic E-state index is 0.298. The zero-order valence-electron chi connectivity index (χ0n) is 8.12. The molecule has 1 rings (SSSR count). The van der Waals surface area contributed by atoms with Gasteiger partial charge in [-0.05, 0) is 17.7 Å². The predicted molar refractivity (Wildman–Crippen MR) is 54.6 cm³/mol. The van der Waals surface area contributed by atoms with E-state index in [-0.39, 0.29) is 0 Å². The van der Waals surface area contributed by atoms with Gasteiger partial charge in [0.2, 0.25) is 0 Å². The lowest BCUT2D eigenvalue weighted by molar-refractivity contribution is 0.0444. The molecule has 1 N–H and O–H groups in total. The van der Waals surface area contributed by atoms with Crippen molar-refractivity contribution in [3.63, 3.8) is 0 Å². The summed E-state index contributed by atoms with van der Waals surface area (Å²) in [6, 6.07) is 7.60. The molecule has 0 aromatic heterocycles. The maximum Gasteiger partial charge on any atom is 0.148 e. The molecule has 1 aromatic rings. The maximum absolute atomic E-state index is 5.22. The van der Waals surface area contributed by atoms with Gasteiger partial charge in [-0.2, -0.15) is 0 Å². The average Bonchev–Trinajstić information content (AvgIpc) is 2.25. The molecule has 1 aromatic carbocycles. The van der Waals surface area contributed by atoms with Crippen LogP contribution in [0.15, 0.2) is 24.3 Å². The van der Waals surface area contributed by atoms with Crippen LogP contribution in [0, 0.1) is 12.3 Å². The predicted octanol–water partition coefficient (Wildman–Crippen LogP) is 1.35. The van der Waals surface area contributed by atoms with Gasteiger partial charge in [0.15, 0.2) is 0 Å². The Morgan fingerprint density at radius 2 is 2.07 bits per heavy atom. The number of terminal acetylenes is 1. The van der Waals surface area contributed by atoms with Crippen molar-refractivity contribution in [1.29, 1.82) is 0 Å². The van der Waals surface area contributed by atoms with Crippen LogP contribution in [0.2, 0.25) is 0 Å². The van der Waals surface area contributed by atoms with E-state index in [1.807, 2.05) is 24.3 Å². The second-order valence-corrected chi connectivity index (χ2v) is 2.63. The molecule has 0 aliphatic rings. The van der Waals surface area contributed by atoms with E-state index in [9.17, 15) is 0 Å². The fourth-order valence-corrected chi connectivity index (χ4v) is 0.962. The Bertz CT molecular complexity index is 300. The van der Waals surface area contributed by atoms with E-state index in [1.165, 1.54) is 0 Å². The number of benzene rings is 1. The van der Waals surface area contributed by atoms with E-state index in [2.05, 4.69) is 11.4 Å². The van der Waals surface area contributed by atoms with Crippen molar-refractivity contribution in [2.75, 3.05) is 13.7 Å². The van der Waals surface area contributed by atoms with Crippen molar-refractivity contribution in [1.82, 2.24) is 5.48 Å². The highest BCUT2D eigenvalue weighted by Gasteiger charge is 1.94. The van der Waals surface area contributed by atoms with Crippen LogP contribution in [0.4, 0.5) is 0 Å². The number of nitrogens with one attached hydrogen (secondary N) is 1. The summed E-state index contributed by atoms with van der Waals surface area (Å²) >= 11 is 0. The van der Waals surface area contributed by atoms with Gasteiger partial charge in [-0.25, -0.2) is 5.48 Å². The molecule has 0 bridgehead atoms. The van der Waals surface area contributed by atoms with Crippen molar-refractivity contribution < 1.29 is 9.57 Å². The molecule has 0 atom stereocenters. The first-order chi connectivity index (χ1) is 6.86. The summed E-state index contributed by atoms with van der Waals surface area (Å²) in [5.41, 5.74) is 3.68. The minimum absolute atomic E-state index is 0.298. The normalized spacial score (nSPS) is 9.43. The zero-order chi connectivity index (χ0) is 10.2. The summed E-state index contributed by atoms with van der Waals surface area (Å²) in [5, 5.41) is 0. The highest BCUT2D eigenvalue weighted by atomic mass is 16.6. The minimum Gasteiger partial charge on any atom is -0.481 e. The van der Waals surface area contributed by atoms with Gasteiger partial charge in [-0.1, -0.05) is 18.1 Å². The van der Waals surface area contributed by atoms with Crippen molar-refractivity contribution in [3.05, 3.63) is 29.8 Å². The van der Waals surface area contributed by atoms with Gasteiger partial charge < -0.3 is 4.74 Å².